The minimum Gasteiger partial charge on any atom is -0.478 e. The maximum Gasteiger partial charge on any atom is 0.335 e. The van der Waals surface area contributed by atoms with Gasteiger partial charge in [-0.3, -0.25) is 0 Å². The van der Waals surface area contributed by atoms with Crippen LogP contribution >= 0.6 is 0 Å². The molecule has 0 radical (unpaired) electrons. The Morgan fingerprint density at radius 2 is 1.85 bits per heavy atom. The number of carboxylic acids is 1. The Morgan fingerprint density at radius 3 is 2.73 bits per heavy atom. The predicted molar refractivity (Wildman–Crippen MR) is 104 cm³/mol. The van der Waals surface area contributed by atoms with Gasteiger partial charge in [-0.1, -0.05) is 54.6 Å². The third kappa shape index (κ3) is 2.24. The number of rotatable bonds is 2. The standard InChI is InChI=1S/C23H19NO2/c25-23(26)15-11-12-21-20(13-15)17-8-4-10-19(17)22(24-21)18-9-3-6-14-5-1-2-7-16(14)18/h1-9,11-13,17,19,22,24H,10H2,(H,25,26)/t17-,19+,22+/m1/s1. The predicted octanol–water partition coefficient (Wildman–Crippen LogP) is 5.36. The van der Waals surface area contributed by atoms with Crippen LogP contribution < -0.4 is 5.32 Å². The molecule has 2 N–H and O–H groups in total. The highest BCUT2D eigenvalue weighted by atomic mass is 16.4. The van der Waals surface area contributed by atoms with Gasteiger partial charge in [-0.25, -0.2) is 4.79 Å². The molecule has 0 saturated carbocycles. The first-order chi connectivity index (χ1) is 12.7. The second-order valence-electron chi connectivity index (χ2n) is 7.15. The van der Waals surface area contributed by atoms with Crippen molar-refractivity contribution in [2.24, 2.45) is 5.92 Å². The van der Waals surface area contributed by atoms with Crippen molar-refractivity contribution < 1.29 is 9.90 Å². The van der Waals surface area contributed by atoms with Crippen LogP contribution in [0.1, 0.15) is 39.9 Å². The van der Waals surface area contributed by atoms with Crippen LogP contribution in [0.25, 0.3) is 10.8 Å². The zero-order valence-corrected chi connectivity index (χ0v) is 14.2. The van der Waals surface area contributed by atoms with Gasteiger partial charge >= 0.3 is 5.97 Å². The van der Waals surface area contributed by atoms with Gasteiger partial charge < -0.3 is 10.4 Å². The smallest absolute Gasteiger partial charge is 0.335 e. The lowest BCUT2D eigenvalue weighted by atomic mass is 9.76. The fraction of sp³-hybridized carbons (Fsp3) is 0.174. The molecule has 3 nitrogen and oxygen atoms in total. The molecule has 128 valence electrons. The molecule has 0 aromatic heterocycles. The van der Waals surface area contributed by atoms with E-state index < -0.39 is 5.97 Å². The molecule has 0 amide bonds. The van der Waals surface area contributed by atoms with E-state index in [1.54, 1.807) is 6.07 Å². The van der Waals surface area contributed by atoms with Gasteiger partial charge in [0.15, 0.2) is 0 Å². The van der Waals surface area contributed by atoms with Crippen LogP contribution in [-0.2, 0) is 0 Å². The monoisotopic (exact) mass is 341 g/mol. The summed E-state index contributed by atoms with van der Waals surface area (Å²) in [5, 5.41) is 15.6. The molecular formula is C23H19NO2. The highest BCUT2D eigenvalue weighted by Crippen LogP contribution is 2.50. The number of benzene rings is 3. The summed E-state index contributed by atoms with van der Waals surface area (Å²) in [6.45, 7) is 0. The van der Waals surface area contributed by atoms with Crippen molar-refractivity contribution >= 4 is 22.4 Å². The molecule has 0 bridgehead atoms. The van der Waals surface area contributed by atoms with E-state index in [1.807, 2.05) is 12.1 Å². The van der Waals surface area contributed by atoms with Crippen molar-refractivity contribution in [2.45, 2.75) is 18.4 Å². The lowest BCUT2D eigenvalue weighted by molar-refractivity contribution is 0.0696. The van der Waals surface area contributed by atoms with E-state index in [4.69, 9.17) is 0 Å². The van der Waals surface area contributed by atoms with E-state index in [-0.39, 0.29) is 12.0 Å². The van der Waals surface area contributed by atoms with Gasteiger partial charge in [-0.05, 0) is 52.4 Å². The Labute approximate surface area is 152 Å². The summed E-state index contributed by atoms with van der Waals surface area (Å²) in [4.78, 5) is 11.4. The molecule has 0 saturated heterocycles. The Kier molecular flexibility index (Phi) is 3.35. The fourth-order valence-electron chi connectivity index (χ4n) is 4.56. The van der Waals surface area contributed by atoms with Crippen molar-refractivity contribution in [3.05, 3.63) is 89.5 Å². The first-order valence-corrected chi connectivity index (χ1v) is 9.00. The van der Waals surface area contributed by atoms with Crippen LogP contribution in [0.15, 0.2) is 72.8 Å². The first kappa shape index (κ1) is 15.2. The maximum atomic E-state index is 11.4. The minimum absolute atomic E-state index is 0.212. The van der Waals surface area contributed by atoms with E-state index in [9.17, 15) is 9.90 Å². The van der Waals surface area contributed by atoms with Crippen LogP contribution in [0.3, 0.4) is 0 Å². The Balaban J connectivity index is 1.65. The van der Waals surface area contributed by atoms with Gasteiger partial charge in [-0.2, -0.15) is 0 Å². The molecule has 0 fully saturated rings. The van der Waals surface area contributed by atoms with Crippen LogP contribution in [-0.4, -0.2) is 11.1 Å². The molecule has 3 heteroatoms. The third-order valence-electron chi connectivity index (χ3n) is 5.77. The Bertz CT molecular complexity index is 1050. The third-order valence-corrected chi connectivity index (χ3v) is 5.77. The lowest BCUT2D eigenvalue weighted by Gasteiger charge is -2.38. The second-order valence-corrected chi connectivity index (χ2v) is 7.15. The van der Waals surface area contributed by atoms with Crippen LogP contribution in [0.4, 0.5) is 5.69 Å². The van der Waals surface area contributed by atoms with E-state index >= 15 is 0 Å². The average Bonchev–Trinajstić information content (AvgIpc) is 3.16. The van der Waals surface area contributed by atoms with Crippen molar-refractivity contribution in [1.29, 1.82) is 0 Å². The number of anilines is 1. The second kappa shape index (κ2) is 5.73. The normalized spacial score (nSPS) is 23.3. The molecule has 3 aromatic carbocycles. The van der Waals surface area contributed by atoms with Crippen molar-refractivity contribution in [1.82, 2.24) is 0 Å². The van der Waals surface area contributed by atoms with E-state index in [0.717, 1.165) is 17.7 Å². The van der Waals surface area contributed by atoms with Gasteiger partial charge in [-0.15, -0.1) is 0 Å². The number of hydrogen-bond donors (Lipinski definition) is 2. The van der Waals surface area contributed by atoms with Crippen LogP contribution in [0.5, 0.6) is 0 Å². The zero-order valence-electron chi connectivity index (χ0n) is 14.2. The van der Waals surface area contributed by atoms with Crippen molar-refractivity contribution in [3.63, 3.8) is 0 Å². The number of hydrogen-bond acceptors (Lipinski definition) is 2. The van der Waals surface area contributed by atoms with Crippen molar-refractivity contribution in [3.8, 4) is 0 Å². The topological polar surface area (TPSA) is 49.3 Å². The maximum absolute atomic E-state index is 11.4. The van der Waals surface area contributed by atoms with Crippen molar-refractivity contribution in [2.75, 3.05) is 5.32 Å². The average molecular weight is 341 g/mol. The molecule has 1 aliphatic carbocycles. The summed E-state index contributed by atoms with van der Waals surface area (Å²) in [5.74, 6) is -0.214. The molecule has 26 heavy (non-hydrogen) atoms. The van der Waals surface area contributed by atoms with Crippen LogP contribution in [0, 0.1) is 5.92 Å². The summed E-state index contributed by atoms with van der Waals surface area (Å²) >= 11 is 0. The Morgan fingerprint density at radius 1 is 1.00 bits per heavy atom. The highest BCUT2D eigenvalue weighted by molar-refractivity contribution is 5.89. The number of fused-ring (bicyclic) bond motifs is 4. The van der Waals surface area contributed by atoms with E-state index in [2.05, 4.69) is 59.9 Å². The van der Waals surface area contributed by atoms with Gasteiger partial charge in [0.1, 0.15) is 0 Å². The summed E-state index contributed by atoms with van der Waals surface area (Å²) < 4.78 is 0. The number of nitrogens with one attached hydrogen (secondary N) is 1. The summed E-state index contributed by atoms with van der Waals surface area (Å²) in [5.41, 5.74) is 3.81. The number of aromatic carboxylic acids is 1. The molecule has 1 aliphatic heterocycles. The summed E-state index contributed by atoms with van der Waals surface area (Å²) in [6.07, 6.45) is 5.48. The fourth-order valence-corrected chi connectivity index (χ4v) is 4.56. The molecule has 5 rings (SSSR count). The molecule has 3 atom stereocenters. The number of carbonyl (C=O) groups is 1. The SMILES string of the molecule is O=C(O)c1ccc2c(c1)[C@@H]1C=CC[C@@H]1[C@H](c1cccc3ccccc13)N2. The van der Waals surface area contributed by atoms with Crippen LogP contribution in [0.2, 0.25) is 0 Å². The minimum atomic E-state index is -0.873. The summed E-state index contributed by atoms with van der Waals surface area (Å²) in [7, 11) is 0. The lowest BCUT2D eigenvalue weighted by Crippen LogP contribution is -2.29. The van der Waals surface area contributed by atoms with Gasteiger partial charge in [0.25, 0.3) is 0 Å². The summed E-state index contributed by atoms with van der Waals surface area (Å²) in [6, 6.07) is 20.6. The zero-order chi connectivity index (χ0) is 17.7. The Hall–Kier alpha value is -3.07. The number of carboxylic acid groups (broad SMARTS) is 1. The number of allylic oxidation sites excluding steroid dienone is 2. The molecule has 0 unspecified atom stereocenters. The molecule has 2 aliphatic rings. The van der Waals surface area contributed by atoms with Gasteiger partial charge in [0, 0.05) is 11.6 Å². The van der Waals surface area contributed by atoms with E-state index in [1.165, 1.54) is 16.3 Å². The van der Waals surface area contributed by atoms with E-state index in [0.29, 0.717) is 11.5 Å². The molecule has 0 spiro atoms. The molecule has 3 aromatic rings. The highest BCUT2D eigenvalue weighted by Gasteiger charge is 2.38. The largest absolute Gasteiger partial charge is 0.478 e. The van der Waals surface area contributed by atoms with Gasteiger partial charge in [0.05, 0.1) is 11.6 Å². The first-order valence-electron chi connectivity index (χ1n) is 9.00. The molecular weight excluding hydrogens is 322 g/mol. The molecule has 1 heterocycles. The van der Waals surface area contributed by atoms with Gasteiger partial charge in [0.2, 0.25) is 0 Å². The quantitative estimate of drug-likeness (QED) is 0.617.